The van der Waals surface area contributed by atoms with Gasteiger partial charge in [0.05, 0.1) is 13.2 Å². The van der Waals surface area contributed by atoms with Gasteiger partial charge in [0, 0.05) is 39.8 Å². The molecule has 1 saturated heterocycles. The fraction of sp³-hybridized carbons (Fsp3) is 0.667. The minimum absolute atomic E-state index is 0. The molecule has 1 fully saturated rings. The van der Waals surface area contributed by atoms with E-state index in [0.29, 0.717) is 0 Å². The zero-order chi connectivity index (χ0) is 19.3. The average molecular weight is 503 g/mol. The number of halogens is 1. The Morgan fingerprint density at radius 1 is 1.11 bits per heavy atom. The minimum atomic E-state index is 0. The number of hydrogen-bond donors (Lipinski definition) is 2. The van der Waals surface area contributed by atoms with E-state index in [1.54, 1.807) is 0 Å². The summed E-state index contributed by atoms with van der Waals surface area (Å²) in [5, 5.41) is 6.89. The first-order chi connectivity index (χ1) is 13.3. The molecule has 160 valence electrons. The van der Waals surface area contributed by atoms with Gasteiger partial charge in [0.1, 0.15) is 0 Å². The largest absolute Gasteiger partial charge is 0.379 e. The van der Waals surface area contributed by atoms with E-state index in [9.17, 15) is 0 Å². The maximum absolute atomic E-state index is 5.46. The van der Waals surface area contributed by atoms with Crippen LogP contribution >= 0.6 is 24.0 Å². The minimum Gasteiger partial charge on any atom is -0.379 e. The van der Waals surface area contributed by atoms with Crippen molar-refractivity contribution in [3.63, 3.8) is 0 Å². The van der Waals surface area contributed by atoms with E-state index in [1.807, 2.05) is 7.05 Å². The maximum Gasteiger partial charge on any atom is 0.191 e. The van der Waals surface area contributed by atoms with Gasteiger partial charge in [-0.2, -0.15) is 0 Å². The van der Waals surface area contributed by atoms with Crippen molar-refractivity contribution < 1.29 is 4.74 Å². The number of hydrogen-bond acceptors (Lipinski definition) is 4. The van der Waals surface area contributed by atoms with Crippen LogP contribution in [0.15, 0.2) is 29.3 Å². The Labute approximate surface area is 188 Å². The van der Waals surface area contributed by atoms with Crippen LogP contribution in [0, 0.1) is 0 Å². The second-order valence-electron chi connectivity index (χ2n) is 6.89. The Kier molecular flexibility index (Phi) is 13.5. The van der Waals surface area contributed by atoms with E-state index >= 15 is 0 Å². The molecule has 2 N–H and O–H groups in total. The van der Waals surface area contributed by atoms with Gasteiger partial charge >= 0.3 is 0 Å². The predicted molar refractivity (Wildman–Crippen MR) is 129 cm³/mol. The SMILES string of the molecule is CCN(CC)CCCNC(=NC)NCc1ccccc1CN1CCOCC1.I. The molecule has 0 radical (unpaired) electrons. The number of ether oxygens (including phenoxy) is 1. The first-order valence-corrected chi connectivity index (χ1v) is 10.3. The van der Waals surface area contributed by atoms with Crippen molar-refractivity contribution in [3.8, 4) is 0 Å². The van der Waals surface area contributed by atoms with Gasteiger partial charge in [-0.15, -0.1) is 24.0 Å². The third-order valence-electron chi connectivity index (χ3n) is 5.12. The van der Waals surface area contributed by atoms with Crippen LogP contribution in [0.1, 0.15) is 31.4 Å². The summed E-state index contributed by atoms with van der Waals surface area (Å²) in [7, 11) is 1.83. The van der Waals surface area contributed by atoms with Crippen LogP contribution in [-0.2, 0) is 17.8 Å². The van der Waals surface area contributed by atoms with Crippen LogP contribution in [0.5, 0.6) is 0 Å². The summed E-state index contributed by atoms with van der Waals surface area (Å²) in [6.45, 7) is 14.2. The smallest absolute Gasteiger partial charge is 0.191 e. The first kappa shape index (κ1) is 25.1. The fourth-order valence-corrected chi connectivity index (χ4v) is 3.33. The van der Waals surface area contributed by atoms with Crippen molar-refractivity contribution in [2.45, 2.75) is 33.4 Å². The number of morpholine rings is 1. The lowest BCUT2D eigenvalue weighted by Crippen LogP contribution is -2.39. The Hall–Kier alpha value is -0.900. The zero-order valence-electron chi connectivity index (χ0n) is 17.7. The van der Waals surface area contributed by atoms with Crippen molar-refractivity contribution in [1.82, 2.24) is 20.4 Å². The summed E-state index contributed by atoms with van der Waals surface area (Å²) >= 11 is 0. The Morgan fingerprint density at radius 3 is 2.43 bits per heavy atom. The van der Waals surface area contributed by atoms with Gasteiger partial charge in [0.25, 0.3) is 0 Å². The Bertz CT molecular complexity index is 559. The molecule has 0 amide bonds. The van der Waals surface area contributed by atoms with Crippen molar-refractivity contribution in [1.29, 1.82) is 0 Å². The number of benzene rings is 1. The van der Waals surface area contributed by atoms with Gasteiger partial charge in [-0.1, -0.05) is 38.1 Å². The number of nitrogens with zero attached hydrogens (tertiary/aromatic N) is 3. The third-order valence-corrected chi connectivity index (χ3v) is 5.12. The molecule has 2 rings (SSSR count). The van der Waals surface area contributed by atoms with E-state index in [0.717, 1.165) is 78.0 Å². The van der Waals surface area contributed by atoms with Crippen molar-refractivity contribution >= 4 is 29.9 Å². The molecule has 1 aliphatic rings. The monoisotopic (exact) mass is 503 g/mol. The Balaban J connectivity index is 0.00000392. The highest BCUT2D eigenvalue weighted by Crippen LogP contribution is 2.13. The molecular weight excluding hydrogens is 465 g/mol. The molecule has 1 aromatic carbocycles. The van der Waals surface area contributed by atoms with E-state index in [4.69, 9.17) is 4.74 Å². The van der Waals surface area contributed by atoms with Crippen LogP contribution in [0.25, 0.3) is 0 Å². The summed E-state index contributed by atoms with van der Waals surface area (Å²) < 4.78 is 5.46. The summed E-state index contributed by atoms with van der Waals surface area (Å²) in [6, 6.07) is 8.67. The lowest BCUT2D eigenvalue weighted by atomic mass is 10.1. The average Bonchev–Trinajstić information content (AvgIpc) is 2.72. The molecule has 1 aromatic rings. The summed E-state index contributed by atoms with van der Waals surface area (Å²) in [6.07, 6.45) is 1.12. The molecule has 0 saturated carbocycles. The highest BCUT2D eigenvalue weighted by Gasteiger charge is 2.12. The molecule has 0 aromatic heterocycles. The maximum atomic E-state index is 5.46. The van der Waals surface area contributed by atoms with Crippen LogP contribution in [-0.4, -0.2) is 75.3 Å². The molecule has 6 nitrogen and oxygen atoms in total. The number of guanidine groups is 1. The van der Waals surface area contributed by atoms with Crippen LogP contribution in [0.2, 0.25) is 0 Å². The molecule has 28 heavy (non-hydrogen) atoms. The normalized spacial score (nSPS) is 15.4. The molecule has 1 heterocycles. The van der Waals surface area contributed by atoms with Gasteiger partial charge in [0.15, 0.2) is 5.96 Å². The predicted octanol–water partition coefficient (Wildman–Crippen LogP) is 2.53. The zero-order valence-corrected chi connectivity index (χ0v) is 20.1. The summed E-state index contributed by atoms with van der Waals surface area (Å²) in [5.74, 6) is 0.871. The van der Waals surface area contributed by atoms with E-state index < -0.39 is 0 Å². The van der Waals surface area contributed by atoms with Gasteiger partial charge < -0.3 is 20.3 Å². The molecule has 0 bridgehead atoms. The second kappa shape index (κ2) is 15.0. The molecule has 0 aliphatic carbocycles. The second-order valence-corrected chi connectivity index (χ2v) is 6.89. The van der Waals surface area contributed by atoms with E-state index in [1.165, 1.54) is 11.1 Å². The first-order valence-electron chi connectivity index (χ1n) is 10.3. The van der Waals surface area contributed by atoms with E-state index in [-0.39, 0.29) is 24.0 Å². The summed E-state index contributed by atoms with van der Waals surface area (Å²) in [4.78, 5) is 9.26. The molecule has 1 aliphatic heterocycles. The highest BCUT2D eigenvalue weighted by atomic mass is 127. The topological polar surface area (TPSA) is 52.1 Å². The van der Waals surface area contributed by atoms with Gasteiger partial charge in [0.2, 0.25) is 0 Å². The van der Waals surface area contributed by atoms with Crippen molar-refractivity contribution in [3.05, 3.63) is 35.4 Å². The van der Waals surface area contributed by atoms with Crippen LogP contribution < -0.4 is 10.6 Å². The standard InChI is InChI=1S/C21H37N5O.HI/c1-4-25(5-2)12-8-11-23-21(22-3)24-17-19-9-6-7-10-20(19)18-26-13-15-27-16-14-26;/h6-7,9-10H,4-5,8,11-18H2,1-3H3,(H2,22,23,24);1H. The molecular formula is C21H38IN5O. The number of aliphatic imine (C=N–C) groups is 1. The molecule has 0 spiro atoms. The van der Waals surface area contributed by atoms with Gasteiger partial charge in [-0.05, 0) is 37.2 Å². The van der Waals surface area contributed by atoms with Gasteiger partial charge in [-0.3, -0.25) is 9.89 Å². The molecule has 7 heteroatoms. The van der Waals surface area contributed by atoms with Crippen LogP contribution in [0.4, 0.5) is 0 Å². The van der Waals surface area contributed by atoms with Gasteiger partial charge in [-0.25, -0.2) is 0 Å². The highest BCUT2D eigenvalue weighted by molar-refractivity contribution is 14.0. The number of nitrogens with one attached hydrogen (secondary N) is 2. The Morgan fingerprint density at radius 2 is 1.79 bits per heavy atom. The van der Waals surface area contributed by atoms with Crippen molar-refractivity contribution in [2.24, 2.45) is 4.99 Å². The van der Waals surface area contributed by atoms with E-state index in [2.05, 4.69) is 63.5 Å². The van der Waals surface area contributed by atoms with Crippen LogP contribution in [0.3, 0.4) is 0 Å². The quantitative estimate of drug-likeness (QED) is 0.223. The number of rotatable bonds is 10. The summed E-state index contributed by atoms with van der Waals surface area (Å²) in [5.41, 5.74) is 2.71. The lowest BCUT2D eigenvalue weighted by molar-refractivity contribution is 0.0341. The molecule has 0 unspecified atom stereocenters. The van der Waals surface area contributed by atoms with Crippen molar-refractivity contribution in [2.75, 3.05) is 59.5 Å². The lowest BCUT2D eigenvalue weighted by Gasteiger charge is -2.27. The third kappa shape index (κ3) is 9.07. The fourth-order valence-electron chi connectivity index (χ4n) is 3.33. The molecule has 0 atom stereocenters.